The number of aromatic hydroxyl groups is 1. The topological polar surface area (TPSA) is 84.1 Å². The fourth-order valence-electron chi connectivity index (χ4n) is 3.00. The van der Waals surface area contributed by atoms with Gasteiger partial charge in [-0.2, -0.15) is 0 Å². The maximum absolute atomic E-state index is 10.5. The van der Waals surface area contributed by atoms with Gasteiger partial charge in [0.2, 0.25) is 0 Å². The maximum atomic E-state index is 10.5. The molecule has 0 aliphatic heterocycles. The minimum atomic E-state index is 0.00116. The van der Waals surface area contributed by atoms with Crippen LogP contribution in [-0.2, 0) is 0 Å². The van der Waals surface area contributed by atoms with Crippen molar-refractivity contribution in [2.45, 2.75) is 13.0 Å². The van der Waals surface area contributed by atoms with E-state index in [4.69, 9.17) is 5.73 Å². The number of benzene rings is 3. The molecule has 0 fully saturated rings. The normalized spacial score (nSPS) is 12.4. The molecule has 4 aromatic rings. The van der Waals surface area contributed by atoms with Gasteiger partial charge in [-0.3, -0.25) is 0 Å². The number of nitrogens with zero attached hydrogens (tertiary/aromatic N) is 2. The Labute approximate surface area is 151 Å². The molecule has 5 nitrogen and oxygen atoms in total. The van der Waals surface area contributed by atoms with E-state index >= 15 is 0 Å². The van der Waals surface area contributed by atoms with Crippen LogP contribution in [0.5, 0.6) is 5.75 Å². The minimum Gasteiger partial charge on any atom is -0.507 e. The van der Waals surface area contributed by atoms with E-state index in [1.165, 1.54) is 0 Å². The molecule has 5 heteroatoms. The third-order valence-electron chi connectivity index (χ3n) is 4.30. The van der Waals surface area contributed by atoms with E-state index in [0.717, 1.165) is 27.5 Å². The Morgan fingerprint density at radius 1 is 1.00 bits per heavy atom. The largest absolute Gasteiger partial charge is 0.507 e. The van der Waals surface area contributed by atoms with Gasteiger partial charge in [0.05, 0.1) is 11.1 Å². The SMILES string of the molecule is CC(N)CNc1nc(-c2cc3ccccc3cc2O)nc2ccccc12. The predicted molar refractivity (Wildman–Crippen MR) is 106 cm³/mol. The monoisotopic (exact) mass is 344 g/mol. The zero-order chi connectivity index (χ0) is 18.1. The number of fused-ring (bicyclic) bond motifs is 2. The van der Waals surface area contributed by atoms with Gasteiger partial charge < -0.3 is 16.2 Å². The Kier molecular flexibility index (Phi) is 4.14. The first kappa shape index (κ1) is 16.3. The molecule has 0 radical (unpaired) electrons. The van der Waals surface area contributed by atoms with Gasteiger partial charge in [-0.1, -0.05) is 36.4 Å². The van der Waals surface area contributed by atoms with Gasteiger partial charge in [0.15, 0.2) is 5.82 Å². The average molecular weight is 344 g/mol. The van der Waals surface area contributed by atoms with E-state index < -0.39 is 0 Å². The van der Waals surface area contributed by atoms with E-state index in [2.05, 4.69) is 15.3 Å². The Morgan fingerprint density at radius 3 is 2.46 bits per heavy atom. The quantitative estimate of drug-likeness (QED) is 0.523. The summed E-state index contributed by atoms with van der Waals surface area (Å²) in [6.45, 7) is 2.54. The van der Waals surface area contributed by atoms with Crippen molar-refractivity contribution in [1.82, 2.24) is 9.97 Å². The highest BCUT2D eigenvalue weighted by molar-refractivity contribution is 5.93. The van der Waals surface area contributed by atoms with Crippen LogP contribution in [0.1, 0.15) is 6.92 Å². The standard InChI is InChI=1S/C21H20N4O/c1-13(22)12-23-20-16-8-4-5-9-18(16)24-21(25-20)17-10-14-6-2-3-7-15(14)11-19(17)26/h2-11,13,26H,12,22H2,1H3,(H,23,24,25). The average Bonchev–Trinajstić information content (AvgIpc) is 2.65. The second kappa shape index (κ2) is 6.61. The molecule has 0 aliphatic carbocycles. The van der Waals surface area contributed by atoms with Gasteiger partial charge in [0.25, 0.3) is 0 Å². The maximum Gasteiger partial charge on any atom is 0.165 e. The second-order valence-electron chi connectivity index (χ2n) is 6.49. The van der Waals surface area contributed by atoms with Crippen LogP contribution < -0.4 is 11.1 Å². The number of para-hydroxylation sites is 1. The number of nitrogens with one attached hydrogen (secondary N) is 1. The molecule has 0 saturated heterocycles. The smallest absolute Gasteiger partial charge is 0.165 e. The highest BCUT2D eigenvalue weighted by Crippen LogP contribution is 2.33. The number of phenols is 1. The number of nitrogens with two attached hydrogens (primary N) is 1. The lowest BCUT2D eigenvalue weighted by Gasteiger charge is -2.13. The zero-order valence-corrected chi connectivity index (χ0v) is 14.5. The van der Waals surface area contributed by atoms with Gasteiger partial charge in [0, 0.05) is 18.0 Å². The molecule has 130 valence electrons. The van der Waals surface area contributed by atoms with E-state index in [9.17, 15) is 5.11 Å². The fourth-order valence-corrected chi connectivity index (χ4v) is 3.00. The zero-order valence-electron chi connectivity index (χ0n) is 14.5. The number of hydrogen-bond acceptors (Lipinski definition) is 5. The van der Waals surface area contributed by atoms with Crippen molar-refractivity contribution in [2.75, 3.05) is 11.9 Å². The van der Waals surface area contributed by atoms with Crippen molar-refractivity contribution in [3.05, 3.63) is 60.7 Å². The van der Waals surface area contributed by atoms with Crippen LogP contribution in [0.25, 0.3) is 33.1 Å². The van der Waals surface area contributed by atoms with Crippen molar-refractivity contribution in [1.29, 1.82) is 0 Å². The first-order chi connectivity index (χ1) is 12.6. The Bertz CT molecular complexity index is 1090. The molecule has 26 heavy (non-hydrogen) atoms. The summed E-state index contributed by atoms with van der Waals surface area (Å²) in [6.07, 6.45) is 0. The molecule has 1 heterocycles. The van der Waals surface area contributed by atoms with Crippen LogP contribution in [0, 0.1) is 0 Å². The van der Waals surface area contributed by atoms with E-state index in [-0.39, 0.29) is 11.8 Å². The Balaban J connectivity index is 1.90. The summed E-state index contributed by atoms with van der Waals surface area (Å²) in [5.74, 6) is 1.37. The minimum absolute atomic E-state index is 0.00116. The van der Waals surface area contributed by atoms with Gasteiger partial charge in [-0.25, -0.2) is 9.97 Å². The summed E-state index contributed by atoms with van der Waals surface area (Å²) in [7, 11) is 0. The third kappa shape index (κ3) is 3.05. The molecule has 0 aliphatic rings. The number of anilines is 1. The van der Waals surface area contributed by atoms with Crippen molar-refractivity contribution in [3.8, 4) is 17.1 Å². The first-order valence-electron chi connectivity index (χ1n) is 8.60. The van der Waals surface area contributed by atoms with Gasteiger partial charge in [0.1, 0.15) is 11.6 Å². The molecule has 4 N–H and O–H groups in total. The van der Waals surface area contributed by atoms with E-state index in [0.29, 0.717) is 17.9 Å². The van der Waals surface area contributed by atoms with Crippen LogP contribution in [0.15, 0.2) is 60.7 Å². The Hall–Kier alpha value is -3.18. The summed E-state index contributed by atoms with van der Waals surface area (Å²) >= 11 is 0. The van der Waals surface area contributed by atoms with Crippen molar-refractivity contribution >= 4 is 27.5 Å². The molecule has 4 rings (SSSR count). The van der Waals surface area contributed by atoms with Crippen LogP contribution in [-0.4, -0.2) is 27.7 Å². The van der Waals surface area contributed by atoms with Crippen LogP contribution in [0.3, 0.4) is 0 Å². The van der Waals surface area contributed by atoms with E-state index in [1.54, 1.807) is 6.07 Å². The fraction of sp³-hybridized carbons (Fsp3) is 0.143. The number of hydrogen-bond donors (Lipinski definition) is 3. The van der Waals surface area contributed by atoms with Crippen LogP contribution in [0.2, 0.25) is 0 Å². The van der Waals surface area contributed by atoms with Gasteiger partial charge in [-0.15, -0.1) is 0 Å². The summed E-state index contributed by atoms with van der Waals surface area (Å²) in [6, 6.07) is 19.4. The summed E-state index contributed by atoms with van der Waals surface area (Å²) in [5.41, 5.74) is 7.30. The molecular weight excluding hydrogens is 324 g/mol. The lowest BCUT2D eigenvalue weighted by molar-refractivity contribution is 0.477. The number of rotatable bonds is 4. The molecular formula is C21H20N4O. The lowest BCUT2D eigenvalue weighted by Crippen LogP contribution is -2.25. The number of phenolic OH excluding ortho intramolecular Hbond substituents is 1. The van der Waals surface area contributed by atoms with Gasteiger partial charge in [-0.05, 0) is 42.0 Å². The predicted octanol–water partition coefficient (Wildman–Crippen LogP) is 3.91. The second-order valence-corrected chi connectivity index (χ2v) is 6.49. The summed E-state index contributed by atoms with van der Waals surface area (Å²) < 4.78 is 0. The molecule has 0 bridgehead atoms. The summed E-state index contributed by atoms with van der Waals surface area (Å²) in [4.78, 5) is 9.33. The molecule has 0 spiro atoms. The molecule has 0 saturated carbocycles. The molecule has 1 aromatic heterocycles. The van der Waals surface area contributed by atoms with Crippen molar-refractivity contribution < 1.29 is 5.11 Å². The summed E-state index contributed by atoms with van der Waals surface area (Å²) in [5, 5.41) is 16.8. The molecule has 1 atom stereocenters. The third-order valence-corrected chi connectivity index (χ3v) is 4.30. The molecule has 1 unspecified atom stereocenters. The molecule has 0 amide bonds. The molecule has 3 aromatic carbocycles. The van der Waals surface area contributed by atoms with Gasteiger partial charge >= 0.3 is 0 Å². The number of aromatic nitrogens is 2. The van der Waals surface area contributed by atoms with E-state index in [1.807, 2.05) is 61.5 Å². The van der Waals surface area contributed by atoms with Crippen LogP contribution >= 0.6 is 0 Å². The first-order valence-corrected chi connectivity index (χ1v) is 8.60. The Morgan fingerprint density at radius 2 is 1.69 bits per heavy atom. The lowest BCUT2D eigenvalue weighted by atomic mass is 10.1. The van der Waals surface area contributed by atoms with Crippen molar-refractivity contribution in [2.24, 2.45) is 5.73 Å². The van der Waals surface area contributed by atoms with Crippen LogP contribution in [0.4, 0.5) is 5.82 Å². The van der Waals surface area contributed by atoms with Crippen molar-refractivity contribution in [3.63, 3.8) is 0 Å². The highest BCUT2D eigenvalue weighted by atomic mass is 16.3. The highest BCUT2D eigenvalue weighted by Gasteiger charge is 2.13.